The van der Waals surface area contributed by atoms with Crippen LogP contribution >= 0.6 is 0 Å². The molecule has 1 saturated heterocycles. The van der Waals surface area contributed by atoms with E-state index in [-0.39, 0.29) is 5.69 Å². The summed E-state index contributed by atoms with van der Waals surface area (Å²) >= 11 is 0. The van der Waals surface area contributed by atoms with E-state index in [1.54, 1.807) is 35.5 Å². The Morgan fingerprint density at radius 2 is 1.70 bits per heavy atom. The molecule has 7 nitrogen and oxygen atoms in total. The van der Waals surface area contributed by atoms with E-state index in [1.807, 2.05) is 13.1 Å². The number of halogens is 2. The van der Waals surface area contributed by atoms with Crippen molar-refractivity contribution in [3.63, 3.8) is 0 Å². The van der Waals surface area contributed by atoms with E-state index in [4.69, 9.17) is 0 Å². The van der Waals surface area contributed by atoms with Crippen LogP contribution in [0.15, 0.2) is 66.1 Å². The molecule has 4 aromatic rings. The maximum Gasteiger partial charge on any atom is 0.268 e. The molecule has 1 fully saturated rings. The number of fused-ring (bicyclic) bond motifs is 1. The monoisotopic (exact) mass is 469 g/mol. The molecule has 4 heterocycles. The third-order valence-corrected chi connectivity index (χ3v) is 7.56. The quantitative estimate of drug-likeness (QED) is 0.457. The van der Waals surface area contributed by atoms with Gasteiger partial charge in [0.2, 0.25) is 0 Å². The highest BCUT2D eigenvalue weighted by molar-refractivity contribution is 7.90. The summed E-state index contributed by atoms with van der Waals surface area (Å²) in [6.45, 7) is 2.25. The number of piperazine rings is 1. The number of hydrogen-bond acceptors (Lipinski definition) is 6. The van der Waals surface area contributed by atoms with Crippen LogP contribution in [0.5, 0.6) is 0 Å². The fourth-order valence-corrected chi connectivity index (χ4v) is 5.46. The maximum atomic E-state index is 15.0. The summed E-state index contributed by atoms with van der Waals surface area (Å²) in [7, 11) is -2.33. The number of anilines is 1. The SMILES string of the molecule is CN1CCN(c2c(F)cc(S(=O)(=O)n3ccc4c(-c5ccccn5)cncc43)cc2F)CC1. The van der Waals surface area contributed by atoms with Crippen LogP contribution in [0.3, 0.4) is 0 Å². The number of rotatable bonds is 4. The summed E-state index contributed by atoms with van der Waals surface area (Å²) in [5.74, 6) is -1.80. The number of benzene rings is 1. The molecule has 10 heteroatoms. The summed E-state index contributed by atoms with van der Waals surface area (Å²) in [4.78, 5) is 11.7. The first-order chi connectivity index (χ1) is 15.9. The van der Waals surface area contributed by atoms with Crippen molar-refractivity contribution >= 4 is 26.6 Å². The predicted octanol–water partition coefficient (Wildman–Crippen LogP) is 3.37. The van der Waals surface area contributed by atoms with E-state index in [1.165, 1.54) is 12.4 Å². The van der Waals surface area contributed by atoms with Gasteiger partial charge in [0.05, 0.1) is 22.3 Å². The molecule has 1 aromatic carbocycles. The van der Waals surface area contributed by atoms with Crippen LogP contribution in [0.1, 0.15) is 0 Å². The highest BCUT2D eigenvalue weighted by Gasteiger charge is 2.27. The number of pyridine rings is 2. The highest BCUT2D eigenvalue weighted by atomic mass is 32.2. The fraction of sp³-hybridized carbons (Fsp3) is 0.217. The molecule has 0 radical (unpaired) electrons. The first kappa shape index (κ1) is 21.5. The van der Waals surface area contributed by atoms with Gasteiger partial charge in [-0.2, -0.15) is 0 Å². The minimum absolute atomic E-state index is 0.196. The molecule has 0 N–H and O–H groups in total. The molecular weight excluding hydrogens is 448 g/mol. The van der Waals surface area contributed by atoms with Gasteiger partial charge in [-0.3, -0.25) is 9.97 Å². The summed E-state index contributed by atoms with van der Waals surface area (Å²) < 4.78 is 57.7. The van der Waals surface area contributed by atoms with Crippen LogP contribution in [0.4, 0.5) is 14.5 Å². The van der Waals surface area contributed by atoms with Crippen molar-refractivity contribution in [2.24, 2.45) is 0 Å². The summed E-state index contributed by atoms with van der Waals surface area (Å²) in [6.07, 6.45) is 6.00. The first-order valence-corrected chi connectivity index (χ1v) is 11.8. The fourth-order valence-electron chi connectivity index (χ4n) is 4.11. The smallest absolute Gasteiger partial charge is 0.268 e. The summed E-state index contributed by atoms with van der Waals surface area (Å²) in [6, 6.07) is 8.79. The van der Waals surface area contributed by atoms with Gasteiger partial charge in [-0.1, -0.05) is 6.07 Å². The number of nitrogens with zero attached hydrogens (tertiary/aromatic N) is 5. The minimum Gasteiger partial charge on any atom is -0.364 e. The van der Waals surface area contributed by atoms with Crippen molar-refractivity contribution in [3.8, 4) is 11.3 Å². The van der Waals surface area contributed by atoms with Crippen LogP contribution in [0, 0.1) is 11.6 Å². The molecular formula is C23H21F2N5O2S. The van der Waals surface area contributed by atoms with E-state index in [9.17, 15) is 17.2 Å². The molecule has 0 atom stereocenters. The van der Waals surface area contributed by atoms with Crippen LogP contribution in [0.25, 0.3) is 22.2 Å². The predicted molar refractivity (Wildman–Crippen MR) is 122 cm³/mol. The molecule has 33 heavy (non-hydrogen) atoms. The molecule has 1 aliphatic heterocycles. The maximum absolute atomic E-state index is 15.0. The van der Waals surface area contributed by atoms with Gasteiger partial charge in [-0.05, 0) is 37.4 Å². The second-order valence-corrected chi connectivity index (χ2v) is 9.79. The van der Waals surface area contributed by atoms with Gasteiger partial charge >= 0.3 is 0 Å². The van der Waals surface area contributed by atoms with Crippen LogP contribution in [-0.4, -0.2) is 60.5 Å². The summed E-state index contributed by atoms with van der Waals surface area (Å²) in [5, 5.41) is 0.613. The molecule has 0 spiro atoms. The van der Waals surface area contributed by atoms with Gasteiger partial charge in [0.25, 0.3) is 10.0 Å². The van der Waals surface area contributed by atoms with E-state index in [2.05, 4.69) is 14.9 Å². The first-order valence-electron chi connectivity index (χ1n) is 10.4. The van der Waals surface area contributed by atoms with E-state index >= 15 is 0 Å². The third-order valence-electron chi connectivity index (χ3n) is 5.89. The zero-order valence-electron chi connectivity index (χ0n) is 17.8. The van der Waals surface area contributed by atoms with Gasteiger partial charge in [0.15, 0.2) is 11.6 Å². The van der Waals surface area contributed by atoms with E-state index < -0.39 is 26.6 Å². The molecule has 170 valence electrons. The van der Waals surface area contributed by atoms with Gasteiger partial charge < -0.3 is 9.80 Å². The van der Waals surface area contributed by atoms with Gasteiger partial charge in [0, 0.05) is 55.7 Å². The lowest BCUT2D eigenvalue weighted by molar-refractivity contribution is 0.310. The van der Waals surface area contributed by atoms with Crippen LogP contribution in [0.2, 0.25) is 0 Å². The van der Waals surface area contributed by atoms with Gasteiger partial charge in [0.1, 0.15) is 5.69 Å². The Bertz CT molecular complexity index is 1410. The molecule has 1 aliphatic rings. The lowest BCUT2D eigenvalue weighted by atomic mass is 10.1. The minimum atomic E-state index is -4.27. The Balaban J connectivity index is 1.57. The molecule has 3 aromatic heterocycles. The Morgan fingerprint density at radius 1 is 0.970 bits per heavy atom. The lowest BCUT2D eigenvalue weighted by Crippen LogP contribution is -2.45. The molecule has 0 saturated carbocycles. The highest BCUT2D eigenvalue weighted by Crippen LogP contribution is 2.32. The lowest BCUT2D eigenvalue weighted by Gasteiger charge is -2.34. The van der Waals surface area contributed by atoms with Crippen molar-refractivity contribution in [2.75, 3.05) is 38.1 Å². The largest absolute Gasteiger partial charge is 0.364 e. The Kier molecular flexibility index (Phi) is 5.34. The van der Waals surface area contributed by atoms with Gasteiger partial charge in [-0.15, -0.1) is 0 Å². The zero-order chi connectivity index (χ0) is 23.2. The van der Waals surface area contributed by atoms with Crippen molar-refractivity contribution in [2.45, 2.75) is 4.90 Å². The van der Waals surface area contributed by atoms with Gasteiger partial charge in [-0.25, -0.2) is 21.2 Å². The molecule has 0 aliphatic carbocycles. The second kappa shape index (κ2) is 8.20. The van der Waals surface area contributed by atoms with Crippen molar-refractivity contribution in [1.29, 1.82) is 0 Å². The number of hydrogen-bond donors (Lipinski definition) is 0. The van der Waals surface area contributed by atoms with Crippen molar-refractivity contribution in [1.82, 2.24) is 18.8 Å². The number of likely N-dealkylation sites (N-methyl/N-ethyl adjacent to an activating group) is 1. The van der Waals surface area contributed by atoms with E-state index in [0.717, 1.165) is 16.1 Å². The second-order valence-electron chi connectivity index (χ2n) is 7.98. The molecule has 0 unspecified atom stereocenters. The Hall–Kier alpha value is -3.37. The van der Waals surface area contributed by atoms with Crippen LogP contribution < -0.4 is 4.90 Å². The average molecular weight is 470 g/mol. The third kappa shape index (κ3) is 3.75. The zero-order valence-corrected chi connectivity index (χ0v) is 18.6. The van der Waals surface area contributed by atoms with Crippen LogP contribution in [-0.2, 0) is 10.0 Å². The topological polar surface area (TPSA) is 71.3 Å². The molecule has 0 bridgehead atoms. The normalized spacial score (nSPS) is 15.3. The average Bonchev–Trinajstić information content (AvgIpc) is 3.25. The Labute approximate surface area is 190 Å². The summed E-state index contributed by atoms with van der Waals surface area (Å²) in [5.41, 5.74) is 1.39. The van der Waals surface area contributed by atoms with Crippen molar-refractivity contribution < 1.29 is 17.2 Å². The molecule has 5 rings (SSSR count). The Morgan fingerprint density at radius 3 is 2.36 bits per heavy atom. The number of aromatic nitrogens is 3. The molecule has 0 amide bonds. The van der Waals surface area contributed by atoms with E-state index in [0.29, 0.717) is 48.3 Å². The van der Waals surface area contributed by atoms with Crippen molar-refractivity contribution in [3.05, 3.63) is 72.8 Å². The standard InChI is InChI=1S/C23H21F2N5O2S/c1-28-8-10-29(11-9-28)23-19(24)12-16(13-20(23)25)33(31,32)30-7-5-17-18(14-26-15-22(17)30)21-4-2-3-6-27-21/h2-7,12-15H,8-11H2,1H3.